The summed E-state index contributed by atoms with van der Waals surface area (Å²) in [6.45, 7) is 3.45. The number of hydrogen-bond acceptors (Lipinski definition) is 2. The highest BCUT2D eigenvalue weighted by Gasteiger charge is 2.16. The maximum absolute atomic E-state index is 10.5. The number of carboxylic acids is 1. The van der Waals surface area contributed by atoms with Gasteiger partial charge < -0.3 is 5.11 Å². The number of aryl methyl sites for hydroxylation is 1. The minimum absolute atomic E-state index is 0.478. The molecule has 1 atom stereocenters. The highest BCUT2D eigenvalue weighted by Crippen LogP contribution is 2.16. The van der Waals surface area contributed by atoms with E-state index >= 15 is 0 Å². The van der Waals surface area contributed by atoms with Crippen molar-refractivity contribution in [2.24, 2.45) is 0 Å². The highest BCUT2D eigenvalue weighted by molar-refractivity contribution is 5.75. The van der Waals surface area contributed by atoms with E-state index in [1.54, 1.807) is 13.1 Å². The predicted octanol–water partition coefficient (Wildman–Crippen LogP) is 0.906. The van der Waals surface area contributed by atoms with Crippen molar-refractivity contribution in [1.82, 2.24) is 10.2 Å². The van der Waals surface area contributed by atoms with E-state index in [1.165, 1.54) is 0 Å². The number of rotatable bonds is 2. The smallest absolute Gasteiger partial charge is 0.310 e. The molecule has 0 aliphatic rings. The van der Waals surface area contributed by atoms with Crippen molar-refractivity contribution < 1.29 is 9.90 Å². The van der Waals surface area contributed by atoms with E-state index in [-0.39, 0.29) is 0 Å². The second kappa shape index (κ2) is 2.74. The summed E-state index contributed by atoms with van der Waals surface area (Å²) in [6, 6.07) is 0. The van der Waals surface area contributed by atoms with Crippen LogP contribution in [0.2, 0.25) is 0 Å². The minimum atomic E-state index is -0.825. The SMILES string of the molecule is Cc1[nH]ncc1C(C)C(=O)O. The Balaban J connectivity index is 2.92. The second-order valence-corrected chi connectivity index (χ2v) is 2.51. The molecule has 4 heteroatoms. The normalized spacial score (nSPS) is 12.9. The van der Waals surface area contributed by atoms with E-state index in [4.69, 9.17) is 5.11 Å². The molecule has 60 valence electrons. The number of aromatic nitrogens is 2. The Morgan fingerprint density at radius 3 is 2.82 bits per heavy atom. The van der Waals surface area contributed by atoms with E-state index in [0.717, 1.165) is 11.3 Å². The molecule has 11 heavy (non-hydrogen) atoms. The van der Waals surface area contributed by atoms with Crippen LogP contribution >= 0.6 is 0 Å². The number of aromatic amines is 1. The lowest BCUT2D eigenvalue weighted by molar-refractivity contribution is -0.138. The van der Waals surface area contributed by atoms with Gasteiger partial charge in [-0.05, 0) is 13.8 Å². The number of nitrogens with one attached hydrogen (secondary N) is 1. The second-order valence-electron chi connectivity index (χ2n) is 2.51. The molecule has 0 spiro atoms. The fourth-order valence-corrected chi connectivity index (χ4v) is 0.930. The average molecular weight is 154 g/mol. The van der Waals surface area contributed by atoms with E-state index in [2.05, 4.69) is 10.2 Å². The van der Waals surface area contributed by atoms with Crippen LogP contribution in [-0.4, -0.2) is 21.3 Å². The first-order valence-electron chi connectivity index (χ1n) is 3.35. The van der Waals surface area contributed by atoms with Crippen molar-refractivity contribution >= 4 is 5.97 Å². The number of carboxylic acid groups (broad SMARTS) is 1. The third-order valence-electron chi connectivity index (χ3n) is 1.71. The Labute approximate surface area is 64.2 Å². The molecule has 0 aliphatic heterocycles. The molecule has 0 bridgehead atoms. The van der Waals surface area contributed by atoms with Crippen LogP contribution < -0.4 is 0 Å². The molecule has 4 nitrogen and oxygen atoms in total. The minimum Gasteiger partial charge on any atom is -0.481 e. The Hall–Kier alpha value is -1.32. The van der Waals surface area contributed by atoms with Gasteiger partial charge in [0.2, 0.25) is 0 Å². The highest BCUT2D eigenvalue weighted by atomic mass is 16.4. The molecule has 0 saturated heterocycles. The number of hydrogen-bond donors (Lipinski definition) is 2. The number of aliphatic carboxylic acids is 1. The lowest BCUT2D eigenvalue weighted by Crippen LogP contribution is -2.07. The zero-order valence-electron chi connectivity index (χ0n) is 6.46. The van der Waals surface area contributed by atoms with Crippen molar-refractivity contribution in [2.45, 2.75) is 19.8 Å². The summed E-state index contributed by atoms with van der Waals surface area (Å²) in [5.41, 5.74) is 1.57. The summed E-state index contributed by atoms with van der Waals surface area (Å²) < 4.78 is 0. The van der Waals surface area contributed by atoms with Crippen LogP contribution in [0.25, 0.3) is 0 Å². The third-order valence-corrected chi connectivity index (χ3v) is 1.71. The fraction of sp³-hybridized carbons (Fsp3) is 0.429. The van der Waals surface area contributed by atoms with Crippen LogP contribution in [0.3, 0.4) is 0 Å². The van der Waals surface area contributed by atoms with Crippen LogP contribution in [0.1, 0.15) is 24.1 Å². The van der Waals surface area contributed by atoms with Gasteiger partial charge >= 0.3 is 5.97 Å². The third kappa shape index (κ3) is 1.39. The molecule has 0 fully saturated rings. The summed E-state index contributed by atoms with van der Waals surface area (Å²) in [6.07, 6.45) is 1.55. The molecule has 1 aromatic rings. The van der Waals surface area contributed by atoms with Crippen molar-refractivity contribution in [3.8, 4) is 0 Å². The molecule has 2 N–H and O–H groups in total. The predicted molar refractivity (Wildman–Crippen MR) is 39.4 cm³/mol. The molecule has 0 saturated carbocycles. The summed E-state index contributed by atoms with van der Waals surface area (Å²) in [5.74, 6) is -1.30. The van der Waals surface area contributed by atoms with Crippen molar-refractivity contribution in [3.05, 3.63) is 17.5 Å². The van der Waals surface area contributed by atoms with Crippen molar-refractivity contribution in [2.75, 3.05) is 0 Å². The topological polar surface area (TPSA) is 66.0 Å². The van der Waals surface area contributed by atoms with Crippen LogP contribution in [0.15, 0.2) is 6.20 Å². The summed E-state index contributed by atoms with van der Waals surface area (Å²) in [7, 11) is 0. The average Bonchev–Trinajstić information content (AvgIpc) is 2.33. The van der Waals surface area contributed by atoms with E-state index < -0.39 is 11.9 Å². The van der Waals surface area contributed by atoms with Gasteiger partial charge in [-0.25, -0.2) is 0 Å². The van der Waals surface area contributed by atoms with Crippen LogP contribution in [0.4, 0.5) is 0 Å². The first-order chi connectivity index (χ1) is 5.13. The Bertz CT molecular complexity index is 267. The van der Waals surface area contributed by atoms with Gasteiger partial charge in [-0.2, -0.15) is 5.10 Å². The molecule has 1 heterocycles. The van der Waals surface area contributed by atoms with Crippen molar-refractivity contribution in [1.29, 1.82) is 0 Å². The first-order valence-corrected chi connectivity index (χ1v) is 3.35. The number of H-pyrrole nitrogens is 1. The molecule has 1 unspecified atom stereocenters. The molecule has 0 amide bonds. The van der Waals surface area contributed by atoms with Gasteiger partial charge in [0.05, 0.1) is 12.1 Å². The van der Waals surface area contributed by atoms with Crippen molar-refractivity contribution in [3.63, 3.8) is 0 Å². The largest absolute Gasteiger partial charge is 0.481 e. The summed E-state index contributed by atoms with van der Waals surface area (Å²) >= 11 is 0. The van der Waals surface area contributed by atoms with Crippen LogP contribution in [0.5, 0.6) is 0 Å². The Morgan fingerprint density at radius 2 is 2.45 bits per heavy atom. The van der Waals surface area contributed by atoms with Gasteiger partial charge in [0.15, 0.2) is 0 Å². The van der Waals surface area contributed by atoms with Crippen LogP contribution in [-0.2, 0) is 4.79 Å². The number of carbonyl (C=O) groups is 1. The molecular formula is C7H10N2O2. The monoisotopic (exact) mass is 154 g/mol. The number of nitrogens with zero attached hydrogens (tertiary/aromatic N) is 1. The van der Waals surface area contributed by atoms with E-state index in [0.29, 0.717) is 0 Å². The van der Waals surface area contributed by atoms with Crippen LogP contribution in [0, 0.1) is 6.92 Å². The molecule has 0 aromatic carbocycles. The quantitative estimate of drug-likeness (QED) is 0.665. The molecule has 1 rings (SSSR count). The Kier molecular flexibility index (Phi) is 1.94. The molecule has 0 radical (unpaired) electrons. The lowest BCUT2D eigenvalue weighted by Gasteiger charge is -2.02. The lowest BCUT2D eigenvalue weighted by atomic mass is 10.0. The van der Waals surface area contributed by atoms with Gasteiger partial charge in [-0.1, -0.05) is 0 Å². The molecular weight excluding hydrogens is 144 g/mol. The standard InChI is InChI=1S/C7H10N2O2/c1-4(7(10)11)6-3-8-9-5(6)2/h3-4H,1-2H3,(H,8,9)(H,10,11). The maximum Gasteiger partial charge on any atom is 0.310 e. The van der Waals surface area contributed by atoms with Gasteiger partial charge in [0.25, 0.3) is 0 Å². The fourth-order valence-electron chi connectivity index (χ4n) is 0.930. The first kappa shape index (κ1) is 7.78. The summed E-state index contributed by atoms with van der Waals surface area (Å²) in [4.78, 5) is 10.5. The molecule has 0 aliphatic carbocycles. The van der Waals surface area contributed by atoms with Gasteiger partial charge in [-0.3, -0.25) is 9.89 Å². The Morgan fingerprint density at radius 1 is 1.82 bits per heavy atom. The van der Waals surface area contributed by atoms with E-state index in [1.807, 2.05) is 6.92 Å². The zero-order chi connectivity index (χ0) is 8.43. The van der Waals surface area contributed by atoms with Gasteiger partial charge in [0, 0.05) is 11.3 Å². The van der Waals surface area contributed by atoms with Gasteiger partial charge in [0.1, 0.15) is 0 Å². The van der Waals surface area contributed by atoms with E-state index in [9.17, 15) is 4.79 Å². The van der Waals surface area contributed by atoms with Gasteiger partial charge in [-0.15, -0.1) is 0 Å². The zero-order valence-corrected chi connectivity index (χ0v) is 6.46. The summed E-state index contributed by atoms with van der Waals surface area (Å²) in [5, 5.41) is 15.1. The maximum atomic E-state index is 10.5. The molecule has 1 aromatic heterocycles.